The number of carbonyl (C=O) groups is 1. The number of alkyl halides is 1. The fourth-order valence-electron chi connectivity index (χ4n) is 3.03. The summed E-state index contributed by atoms with van der Waals surface area (Å²) in [5.41, 5.74) is 0. The number of halogens is 1. The first kappa shape index (κ1) is 14.1. The molecule has 0 aromatic rings. The Labute approximate surface area is 115 Å². The number of hydrogen-bond donors (Lipinski definition) is 0. The zero-order chi connectivity index (χ0) is 13.0. The van der Waals surface area contributed by atoms with Crippen LogP contribution in [0.4, 0.5) is 0 Å². The lowest BCUT2D eigenvalue weighted by Crippen LogP contribution is -2.51. The average molecular weight is 274 g/mol. The fraction of sp³-hybridized carbons (Fsp3) is 0.929. The van der Waals surface area contributed by atoms with Crippen LogP contribution >= 0.6 is 11.6 Å². The molecular weight excluding hydrogens is 250 g/mol. The number of nitrogens with zero attached hydrogens (tertiary/aromatic N) is 1. The highest BCUT2D eigenvalue weighted by atomic mass is 35.5. The van der Waals surface area contributed by atoms with Crippen molar-refractivity contribution in [2.45, 2.75) is 57.6 Å². The molecule has 0 aromatic heterocycles. The molecule has 18 heavy (non-hydrogen) atoms. The molecule has 2 unspecified atom stereocenters. The molecule has 3 nitrogen and oxygen atoms in total. The van der Waals surface area contributed by atoms with E-state index in [0.29, 0.717) is 25.5 Å². The van der Waals surface area contributed by atoms with Crippen molar-refractivity contribution in [2.75, 3.05) is 19.0 Å². The topological polar surface area (TPSA) is 29.5 Å². The molecule has 2 aliphatic rings. The van der Waals surface area contributed by atoms with Crippen LogP contribution in [0.3, 0.4) is 0 Å². The molecule has 1 heterocycles. The molecule has 1 saturated carbocycles. The maximum atomic E-state index is 12.3. The fourth-order valence-corrected chi connectivity index (χ4v) is 3.22. The van der Waals surface area contributed by atoms with Crippen molar-refractivity contribution in [3.8, 4) is 0 Å². The quantitative estimate of drug-likeness (QED) is 0.737. The third kappa shape index (κ3) is 3.61. The van der Waals surface area contributed by atoms with Crippen LogP contribution in [0, 0.1) is 5.92 Å². The van der Waals surface area contributed by atoms with E-state index in [1.807, 2.05) is 4.90 Å². The highest BCUT2D eigenvalue weighted by Gasteiger charge is 2.29. The van der Waals surface area contributed by atoms with E-state index < -0.39 is 0 Å². The lowest BCUT2D eigenvalue weighted by Gasteiger charge is -2.37. The minimum Gasteiger partial charge on any atom is -0.373 e. The number of amides is 1. The smallest absolute Gasteiger partial charge is 0.222 e. The first-order valence-corrected chi connectivity index (χ1v) is 7.71. The lowest BCUT2D eigenvalue weighted by molar-refractivity contribution is -0.143. The minimum absolute atomic E-state index is 0.0123. The van der Waals surface area contributed by atoms with Gasteiger partial charge in [-0.25, -0.2) is 0 Å². The zero-order valence-corrected chi connectivity index (χ0v) is 12.0. The Morgan fingerprint density at radius 3 is 2.78 bits per heavy atom. The van der Waals surface area contributed by atoms with Crippen molar-refractivity contribution < 1.29 is 9.53 Å². The zero-order valence-electron chi connectivity index (χ0n) is 11.2. The van der Waals surface area contributed by atoms with Gasteiger partial charge in [-0.1, -0.05) is 25.7 Å². The highest BCUT2D eigenvalue weighted by molar-refractivity contribution is 6.18. The van der Waals surface area contributed by atoms with Gasteiger partial charge in [0.05, 0.1) is 24.6 Å². The average Bonchev–Trinajstić information content (AvgIpc) is 2.89. The predicted molar refractivity (Wildman–Crippen MR) is 72.8 cm³/mol. The van der Waals surface area contributed by atoms with Gasteiger partial charge in [-0.2, -0.15) is 0 Å². The molecule has 4 heteroatoms. The Hall–Kier alpha value is -0.280. The minimum atomic E-state index is 0.0123. The summed E-state index contributed by atoms with van der Waals surface area (Å²) in [6.45, 7) is 3.33. The van der Waals surface area contributed by atoms with Gasteiger partial charge in [0.25, 0.3) is 0 Å². The highest BCUT2D eigenvalue weighted by Crippen LogP contribution is 2.29. The lowest BCUT2D eigenvalue weighted by atomic mass is 10.0. The number of rotatable bonds is 4. The van der Waals surface area contributed by atoms with Crippen molar-refractivity contribution in [3.05, 3.63) is 0 Å². The summed E-state index contributed by atoms with van der Waals surface area (Å²) in [7, 11) is 0. The molecule has 0 bridgehead atoms. The molecular formula is C14H24ClNO2. The van der Waals surface area contributed by atoms with Gasteiger partial charge in [0.2, 0.25) is 5.91 Å². The maximum Gasteiger partial charge on any atom is 0.222 e. The summed E-state index contributed by atoms with van der Waals surface area (Å²) >= 11 is 5.82. The number of hydrogen-bond acceptors (Lipinski definition) is 2. The van der Waals surface area contributed by atoms with Crippen molar-refractivity contribution >= 4 is 17.5 Å². The van der Waals surface area contributed by atoms with E-state index in [1.165, 1.54) is 25.7 Å². The van der Waals surface area contributed by atoms with Crippen LogP contribution in [0.2, 0.25) is 0 Å². The third-order valence-electron chi connectivity index (χ3n) is 4.24. The van der Waals surface area contributed by atoms with Gasteiger partial charge < -0.3 is 9.64 Å². The summed E-state index contributed by atoms with van der Waals surface area (Å²) in [4.78, 5) is 14.2. The summed E-state index contributed by atoms with van der Waals surface area (Å²) < 4.78 is 5.57. The number of morpholine rings is 1. The molecule has 2 rings (SSSR count). The summed E-state index contributed by atoms with van der Waals surface area (Å²) in [6, 6.07) is 0.195. The van der Waals surface area contributed by atoms with Crippen molar-refractivity contribution in [1.82, 2.24) is 4.90 Å². The molecule has 2 atom stereocenters. The van der Waals surface area contributed by atoms with Crippen LogP contribution in [-0.2, 0) is 9.53 Å². The SMILES string of the molecule is CC1COC(CCl)CN1C(=O)CCC1CCCC1. The van der Waals surface area contributed by atoms with Crippen molar-refractivity contribution in [1.29, 1.82) is 0 Å². The Kier molecular flexibility index (Phi) is 5.31. The first-order chi connectivity index (χ1) is 8.70. The van der Waals surface area contributed by atoms with Crippen molar-refractivity contribution in [2.24, 2.45) is 5.92 Å². The van der Waals surface area contributed by atoms with Gasteiger partial charge in [0.15, 0.2) is 0 Å². The van der Waals surface area contributed by atoms with Crippen LogP contribution in [0.5, 0.6) is 0 Å². The monoisotopic (exact) mass is 273 g/mol. The van der Waals surface area contributed by atoms with Crippen LogP contribution in [0.1, 0.15) is 45.4 Å². The second-order valence-corrected chi connectivity index (χ2v) is 6.00. The maximum absolute atomic E-state index is 12.3. The van der Waals surface area contributed by atoms with E-state index >= 15 is 0 Å². The molecule has 104 valence electrons. The van der Waals surface area contributed by atoms with Crippen molar-refractivity contribution in [3.63, 3.8) is 0 Å². The summed E-state index contributed by atoms with van der Waals surface area (Å²) in [5, 5.41) is 0. The van der Waals surface area contributed by atoms with Gasteiger partial charge in [-0.05, 0) is 19.3 Å². The Morgan fingerprint density at radius 1 is 1.39 bits per heavy atom. The van der Waals surface area contributed by atoms with Crippen LogP contribution in [0.25, 0.3) is 0 Å². The first-order valence-electron chi connectivity index (χ1n) is 7.17. The van der Waals surface area contributed by atoms with E-state index in [9.17, 15) is 4.79 Å². The third-order valence-corrected chi connectivity index (χ3v) is 4.58. The second-order valence-electron chi connectivity index (χ2n) is 5.69. The van der Waals surface area contributed by atoms with Gasteiger partial charge in [0.1, 0.15) is 0 Å². The van der Waals surface area contributed by atoms with E-state index in [0.717, 1.165) is 12.3 Å². The predicted octanol–water partition coefficient (Wildman–Crippen LogP) is 2.81. The molecule has 2 fully saturated rings. The molecule has 0 radical (unpaired) electrons. The van der Waals surface area contributed by atoms with Gasteiger partial charge in [-0.15, -0.1) is 11.6 Å². The van der Waals surface area contributed by atoms with Gasteiger partial charge >= 0.3 is 0 Å². The van der Waals surface area contributed by atoms with Crippen LogP contribution < -0.4 is 0 Å². The summed E-state index contributed by atoms with van der Waals surface area (Å²) in [6.07, 6.45) is 7.10. The second kappa shape index (κ2) is 6.76. The Morgan fingerprint density at radius 2 is 2.11 bits per heavy atom. The molecule has 0 spiro atoms. The summed E-state index contributed by atoms with van der Waals surface area (Å²) in [5.74, 6) is 1.54. The standard InChI is InChI=1S/C14H24ClNO2/c1-11-10-18-13(8-15)9-16(11)14(17)7-6-12-4-2-3-5-12/h11-13H,2-10H2,1H3. The molecule has 0 N–H and O–H groups in total. The molecule has 0 aromatic carbocycles. The van der Waals surface area contributed by atoms with E-state index in [2.05, 4.69) is 6.92 Å². The normalized spacial score (nSPS) is 29.8. The largest absolute Gasteiger partial charge is 0.373 e. The Bertz CT molecular complexity index is 279. The Balaban J connectivity index is 1.78. The van der Waals surface area contributed by atoms with E-state index in [4.69, 9.17) is 16.3 Å². The number of ether oxygens (including phenoxy) is 1. The molecule has 1 amide bonds. The van der Waals surface area contributed by atoms with E-state index in [-0.39, 0.29) is 18.1 Å². The van der Waals surface area contributed by atoms with Crippen LogP contribution in [-0.4, -0.2) is 42.0 Å². The van der Waals surface area contributed by atoms with E-state index in [1.54, 1.807) is 0 Å². The van der Waals surface area contributed by atoms with Gasteiger partial charge in [0, 0.05) is 13.0 Å². The van der Waals surface area contributed by atoms with Gasteiger partial charge in [-0.3, -0.25) is 4.79 Å². The number of carbonyl (C=O) groups excluding carboxylic acids is 1. The molecule has 1 aliphatic heterocycles. The molecule has 1 aliphatic carbocycles. The molecule has 1 saturated heterocycles. The van der Waals surface area contributed by atoms with Crippen LogP contribution in [0.15, 0.2) is 0 Å².